The molecule has 0 bridgehead atoms. The highest BCUT2D eigenvalue weighted by atomic mass is 32.1. The minimum atomic E-state index is 1.14. The summed E-state index contributed by atoms with van der Waals surface area (Å²) < 4.78 is 2.70. The molecule has 6 aromatic carbocycles. The summed E-state index contributed by atoms with van der Waals surface area (Å²) in [4.78, 5) is 2.31. The number of hydrogen-bond donors (Lipinski definition) is 0. The van der Waals surface area contributed by atoms with Crippen molar-refractivity contribution in [1.29, 1.82) is 0 Å². The number of fused-ring (bicyclic) bond motifs is 5. The smallest absolute Gasteiger partial charge is 0.0462 e. The first-order chi connectivity index (χ1) is 17.9. The maximum Gasteiger partial charge on any atom is 0.0462 e. The Morgan fingerprint density at radius 3 is 1.72 bits per heavy atom. The third kappa shape index (κ3) is 3.46. The van der Waals surface area contributed by atoms with Crippen LogP contribution in [-0.2, 0) is 0 Å². The van der Waals surface area contributed by atoms with Crippen LogP contribution in [0.4, 0.5) is 17.1 Å². The van der Waals surface area contributed by atoms with E-state index < -0.39 is 0 Å². The van der Waals surface area contributed by atoms with Crippen molar-refractivity contribution in [2.45, 2.75) is 0 Å². The second kappa shape index (κ2) is 8.67. The lowest BCUT2D eigenvalue weighted by molar-refractivity contribution is 1.28. The summed E-state index contributed by atoms with van der Waals surface area (Å²) in [5.74, 6) is 0. The Labute approximate surface area is 214 Å². The zero-order valence-electron chi connectivity index (χ0n) is 19.6. The van der Waals surface area contributed by atoms with Crippen molar-refractivity contribution in [3.63, 3.8) is 0 Å². The van der Waals surface area contributed by atoms with Crippen molar-refractivity contribution in [3.05, 3.63) is 140 Å². The van der Waals surface area contributed by atoms with Crippen molar-refractivity contribution in [2.24, 2.45) is 0 Å². The van der Waals surface area contributed by atoms with Gasteiger partial charge in [-0.2, -0.15) is 0 Å². The average Bonchev–Trinajstić information content (AvgIpc) is 3.35. The van der Waals surface area contributed by atoms with Gasteiger partial charge in [0.05, 0.1) is 0 Å². The van der Waals surface area contributed by atoms with Crippen molar-refractivity contribution in [1.82, 2.24) is 0 Å². The van der Waals surface area contributed by atoms with Crippen LogP contribution in [0.5, 0.6) is 0 Å². The molecule has 0 saturated carbocycles. The molecule has 0 amide bonds. The molecule has 0 aliphatic heterocycles. The number of benzene rings is 6. The Morgan fingerprint density at radius 1 is 0.472 bits per heavy atom. The molecule has 0 aliphatic carbocycles. The molecule has 0 radical (unpaired) electrons. The molecule has 0 aliphatic rings. The van der Waals surface area contributed by atoms with E-state index in [2.05, 4.69) is 144 Å². The van der Waals surface area contributed by atoms with Gasteiger partial charge in [-0.15, -0.1) is 11.3 Å². The van der Waals surface area contributed by atoms with Gasteiger partial charge in [-0.1, -0.05) is 91.0 Å². The SMILES string of the molecule is c1ccc(N(c2ccccc2)c2ccc(-c3cc4ccccc4c4sc5ccccc5c34)cc2)cc1. The first-order valence-corrected chi connectivity index (χ1v) is 13.0. The van der Waals surface area contributed by atoms with Gasteiger partial charge in [-0.25, -0.2) is 0 Å². The maximum atomic E-state index is 2.36. The zero-order chi connectivity index (χ0) is 23.9. The molecule has 0 spiro atoms. The Bertz CT molecular complexity index is 1780. The van der Waals surface area contributed by atoms with E-state index in [1.807, 2.05) is 11.3 Å². The first kappa shape index (κ1) is 20.9. The number of rotatable bonds is 4. The number of thiophene rings is 1. The van der Waals surface area contributed by atoms with E-state index in [4.69, 9.17) is 0 Å². The molecule has 1 nitrogen and oxygen atoms in total. The van der Waals surface area contributed by atoms with Gasteiger partial charge in [0.1, 0.15) is 0 Å². The minimum Gasteiger partial charge on any atom is -0.311 e. The molecule has 1 aromatic heterocycles. The predicted molar refractivity (Wildman–Crippen MR) is 157 cm³/mol. The summed E-state index contributed by atoms with van der Waals surface area (Å²) in [5, 5.41) is 5.29. The Balaban J connectivity index is 1.42. The van der Waals surface area contributed by atoms with Gasteiger partial charge in [0, 0.05) is 37.2 Å². The van der Waals surface area contributed by atoms with E-state index in [1.54, 1.807) is 0 Å². The summed E-state index contributed by atoms with van der Waals surface area (Å²) in [6.45, 7) is 0. The van der Waals surface area contributed by atoms with Crippen LogP contribution < -0.4 is 4.90 Å². The Morgan fingerprint density at radius 2 is 1.03 bits per heavy atom. The van der Waals surface area contributed by atoms with Crippen LogP contribution in [0.1, 0.15) is 0 Å². The van der Waals surface area contributed by atoms with Gasteiger partial charge in [-0.05, 0) is 70.4 Å². The van der Waals surface area contributed by atoms with Gasteiger partial charge in [0.25, 0.3) is 0 Å². The maximum absolute atomic E-state index is 2.36. The molecule has 1 heterocycles. The first-order valence-electron chi connectivity index (χ1n) is 12.2. The number of para-hydroxylation sites is 2. The van der Waals surface area contributed by atoms with Crippen LogP contribution in [0.3, 0.4) is 0 Å². The molecular formula is C34H23NS. The zero-order valence-corrected chi connectivity index (χ0v) is 20.5. The number of nitrogens with zero attached hydrogens (tertiary/aromatic N) is 1. The molecule has 0 saturated heterocycles. The third-order valence-electron chi connectivity index (χ3n) is 6.84. The minimum absolute atomic E-state index is 1.14. The molecule has 0 atom stereocenters. The van der Waals surface area contributed by atoms with Gasteiger partial charge in [0.15, 0.2) is 0 Å². The van der Waals surface area contributed by atoms with Crippen LogP contribution in [0.15, 0.2) is 140 Å². The number of hydrogen-bond acceptors (Lipinski definition) is 2. The molecule has 7 aromatic rings. The highest BCUT2D eigenvalue weighted by molar-refractivity contribution is 7.26. The van der Waals surface area contributed by atoms with Crippen molar-refractivity contribution in [2.75, 3.05) is 4.90 Å². The van der Waals surface area contributed by atoms with Gasteiger partial charge < -0.3 is 4.90 Å². The van der Waals surface area contributed by atoms with E-state index in [0.29, 0.717) is 0 Å². The van der Waals surface area contributed by atoms with Crippen LogP contribution in [0.2, 0.25) is 0 Å². The highest BCUT2D eigenvalue weighted by Gasteiger charge is 2.16. The summed E-state index contributed by atoms with van der Waals surface area (Å²) in [7, 11) is 0. The van der Waals surface area contributed by atoms with Crippen molar-refractivity contribution < 1.29 is 0 Å². The molecule has 2 heteroatoms. The Kier molecular flexibility index (Phi) is 5.04. The van der Waals surface area contributed by atoms with E-state index in [0.717, 1.165) is 17.1 Å². The summed E-state index contributed by atoms with van der Waals surface area (Å²) >= 11 is 1.89. The normalized spacial score (nSPS) is 11.3. The highest BCUT2D eigenvalue weighted by Crippen LogP contribution is 2.44. The lowest BCUT2D eigenvalue weighted by atomic mass is 9.95. The molecule has 170 valence electrons. The van der Waals surface area contributed by atoms with Crippen LogP contribution in [0.25, 0.3) is 42.1 Å². The molecule has 36 heavy (non-hydrogen) atoms. The lowest BCUT2D eigenvalue weighted by Gasteiger charge is -2.25. The van der Waals surface area contributed by atoms with Gasteiger partial charge >= 0.3 is 0 Å². The predicted octanol–water partition coefficient (Wildman–Crippen LogP) is 10.3. The van der Waals surface area contributed by atoms with Crippen LogP contribution >= 0.6 is 11.3 Å². The molecule has 7 rings (SSSR count). The lowest BCUT2D eigenvalue weighted by Crippen LogP contribution is -2.09. The fraction of sp³-hybridized carbons (Fsp3) is 0. The van der Waals surface area contributed by atoms with Crippen molar-refractivity contribution in [3.8, 4) is 11.1 Å². The van der Waals surface area contributed by atoms with Crippen LogP contribution in [-0.4, -0.2) is 0 Å². The number of anilines is 3. The summed E-state index contributed by atoms with van der Waals surface area (Å²) in [6.07, 6.45) is 0. The fourth-order valence-corrected chi connectivity index (χ4v) is 6.44. The average molecular weight is 478 g/mol. The van der Waals surface area contributed by atoms with Crippen molar-refractivity contribution >= 4 is 59.3 Å². The molecular weight excluding hydrogens is 454 g/mol. The third-order valence-corrected chi connectivity index (χ3v) is 8.04. The van der Waals surface area contributed by atoms with E-state index in [-0.39, 0.29) is 0 Å². The van der Waals surface area contributed by atoms with E-state index in [9.17, 15) is 0 Å². The van der Waals surface area contributed by atoms with Gasteiger partial charge in [0.2, 0.25) is 0 Å². The standard InChI is InChI=1S/C34H23NS/c1-3-12-26(13-4-1)35(27-14-5-2-6-15-27)28-21-19-24(20-22-28)31-23-25-11-7-8-16-29(25)34-33(31)30-17-9-10-18-32(30)36-34/h1-23H. The van der Waals surface area contributed by atoms with Gasteiger partial charge in [-0.3, -0.25) is 0 Å². The molecule has 0 fully saturated rings. The fourth-order valence-electron chi connectivity index (χ4n) is 5.18. The second-order valence-electron chi connectivity index (χ2n) is 9.00. The monoisotopic (exact) mass is 477 g/mol. The summed E-state index contributed by atoms with van der Waals surface area (Å²) in [6, 6.07) is 50.0. The quantitative estimate of drug-likeness (QED) is 0.244. The topological polar surface area (TPSA) is 3.24 Å². The largest absolute Gasteiger partial charge is 0.311 e. The molecule has 0 unspecified atom stereocenters. The van der Waals surface area contributed by atoms with E-state index >= 15 is 0 Å². The van der Waals surface area contributed by atoms with Crippen LogP contribution in [0, 0.1) is 0 Å². The second-order valence-corrected chi connectivity index (χ2v) is 10.1. The molecule has 0 N–H and O–H groups in total. The summed E-state index contributed by atoms with van der Waals surface area (Å²) in [5.41, 5.74) is 5.96. The van der Waals surface area contributed by atoms with E-state index in [1.165, 1.54) is 42.1 Å². The Hall–Kier alpha value is -4.40.